The van der Waals surface area contributed by atoms with Crippen LogP contribution >= 0.6 is 0 Å². The zero-order valence-electron chi connectivity index (χ0n) is 9.86. The van der Waals surface area contributed by atoms with Gasteiger partial charge in [-0.15, -0.1) is 0 Å². The molecule has 88 valence electrons. The van der Waals surface area contributed by atoms with Gasteiger partial charge in [-0.1, -0.05) is 12.8 Å². The standard InChI is InChI=1S/C12H24N2O/c1-13-6-8-14(9-7-13)12(10-15)11-4-2-3-5-11/h11-12,15H,2-10H2,1H3. The molecule has 0 aromatic heterocycles. The summed E-state index contributed by atoms with van der Waals surface area (Å²) in [5.74, 6) is 0.762. The first-order valence-corrected chi connectivity index (χ1v) is 6.34. The van der Waals surface area contributed by atoms with Gasteiger partial charge in [-0.3, -0.25) is 4.90 Å². The maximum Gasteiger partial charge on any atom is 0.0589 e. The Morgan fingerprint density at radius 1 is 1.13 bits per heavy atom. The van der Waals surface area contributed by atoms with Gasteiger partial charge in [-0.05, 0) is 25.8 Å². The summed E-state index contributed by atoms with van der Waals surface area (Å²) in [6.07, 6.45) is 5.40. The molecular weight excluding hydrogens is 188 g/mol. The zero-order chi connectivity index (χ0) is 10.7. The minimum absolute atomic E-state index is 0.356. The van der Waals surface area contributed by atoms with Gasteiger partial charge in [-0.2, -0.15) is 0 Å². The Bertz CT molecular complexity index is 184. The van der Waals surface area contributed by atoms with E-state index in [2.05, 4.69) is 16.8 Å². The van der Waals surface area contributed by atoms with Crippen LogP contribution in [0.5, 0.6) is 0 Å². The third-order valence-corrected chi connectivity index (χ3v) is 4.14. The van der Waals surface area contributed by atoms with Gasteiger partial charge in [0.25, 0.3) is 0 Å². The molecule has 1 saturated heterocycles. The minimum Gasteiger partial charge on any atom is -0.395 e. The normalized spacial score (nSPS) is 28.4. The van der Waals surface area contributed by atoms with E-state index in [-0.39, 0.29) is 0 Å². The van der Waals surface area contributed by atoms with Crippen molar-refractivity contribution in [2.45, 2.75) is 31.7 Å². The monoisotopic (exact) mass is 212 g/mol. The van der Waals surface area contributed by atoms with Crippen LogP contribution in [0.25, 0.3) is 0 Å². The molecule has 1 N–H and O–H groups in total. The average molecular weight is 212 g/mol. The van der Waals surface area contributed by atoms with E-state index in [1.165, 1.54) is 25.7 Å². The first kappa shape index (κ1) is 11.4. The van der Waals surface area contributed by atoms with Gasteiger partial charge in [0.15, 0.2) is 0 Å². The van der Waals surface area contributed by atoms with Gasteiger partial charge < -0.3 is 10.0 Å². The predicted octanol–water partition coefficient (Wildman–Crippen LogP) is 0.785. The van der Waals surface area contributed by atoms with Gasteiger partial charge in [0.05, 0.1) is 6.61 Å². The van der Waals surface area contributed by atoms with E-state index < -0.39 is 0 Å². The van der Waals surface area contributed by atoms with Crippen molar-refractivity contribution in [3.05, 3.63) is 0 Å². The minimum atomic E-state index is 0.356. The molecule has 0 radical (unpaired) electrons. The fourth-order valence-corrected chi connectivity index (χ4v) is 3.06. The molecule has 3 nitrogen and oxygen atoms in total. The Balaban J connectivity index is 1.88. The Hall–Kier alpha value is -0.120. The number of hydrogen-bond donors (Lipinski definition) is 1. The van der Waals surface area contributed by atoms with Crippen molar-refractivity contribution in [1.29, 1.82) is 0 Å². The van der Waals surface area contributed by atoms with Crippen LogP contribution in [0.4, 0.5) is 0 Å². The van der Waals surface area contributed by atoms with Crippen molar-refractivity contribution >= 4 is 0 Å². The zero-order valence-corrected chi connectivity index (χ0v) is 9.86. The maximum absolute atomic E-state index is 9.55. The van der Waals surface area contributed by atoms with Crippen LogP contribution in [-0.2, 0) is 0 Å². The van der Waals surface area contributed by atoms with E-state index in [9.17, 15) is 5.11 Å². The molecule has 0 bridgehead atoms. The number of nitrogens with zero attached hydrogens (tertiary/aromatic N) is 2. The highest BCUT2D eigenvalue weighted by Crippen LogP contribution is 2.30. The van der Waals surface area contributed by atoms with Gasteiger partial charge in [0, 0.05) is 32.2 Å². The summed E-state index contributed by atoms with van der Waals surface area (Å²) in [7, 11) is 2.18. The molecule has 1 atom stereocenters. The molecule has 15 heavy (non-hydrogen) atoms. The second-order valence-corrected chi connectivity index (χ2v) is 5.13. The van der Waals surface area contributed by atoms with E-state index in [0.717, 1.165) is 32.1 Å². The van der Waals surface area contributed by atoms with E-state index in [1.807, 2.05) is 0 Å². The summed E-state index contributed by atoms with van der Waals surface area (Å²) in [5.41, 5.74) is 0. The first-order chi connectivity index (χ1) is 7.31. The Kier molecular flexibility index (Phi) is 4.00. The van der Waals surface area contributed by atoms with Gasteiger partial charge in [-0.25, -0.2) is 0 Å². The van der Waals surface area contributed by atoms with E-state index in [1.54, 1.807) is 0 Å². The maximum atomic E-state index is 9.55. The van der Waals surface area contributed by atoms with Gasteiger partial charge in [0.1, 0.15) is 0 Å². The summed E-state index contributed by atoms with van der Waals surface area (Å²) in [6.45, 7) is 4.94. The number of rotatable bonds is 3. The third-order valence-electron chi connectivity index (χ3n) is 4.14. The van der Waals surface area contributed by atoms with Gasteiger partial charge >= 0.3 is 0 Å². The molecule has 0 spiro atoms. The van der Waals surface area contributed by atoms with Crippen molar-refractivity contribution in [3.8, 4) is 0 Å². The molecule has 1 unspecified atom stereocenters. The second-order valence-electron chi connectivity index (χ2n) is 5.13. The second kappa shape index (κ2) is 5.28. The molecule has 1 heterocycles. The van der Waals surface area contributed by atoms with Crippen LogP contribution < -0.4 is 0 Å². The lowest BCUT2D eigenvalue weighted by Gasteiger charge is -2.39. The van der Waals surface area contributed by atoms with Crippen molar-refractivity contribution in [1.82, 2.24) is 9.80 Å². The summed E-state index contributed by atoms with van der Waals surface area (Å²) in [6, 6.07) is 0.446. The summed E-state index contributed by atoms with van der Waals surface area (Å²) in [5, 5.41) is 9.55. The number of hydrogen-bond acceptors (Lipinski definition) is 3. The predicted molar refractivity (Wildman–Crippen MR) is 61.9 cm³/mol. The lowest BCUT2D eigenvalue weighted by Crippen LogP contribution is -2.52. The number of aliphatic hydroxyl groups is 1. The van der Waals surface area contributed by atoms with Crippen LogP contribution in [0.2, 0.25) is 0 Å². The molecule has 2 rings (SSSR count). The molecular formula is C12H24N2O. The number of likely N-dealkylation sites (N-methyl/N-ethyl adjacent to an activating group) is 1. The van der Waals surface area contributed by atoms with E-state index in [0.29, 0.717) is 12.6 Å². The topological polar surface area (TPSA) is 26.7 Å². The SMILES string of the molecule is CN1CCN(C(CO)C2CCCC2)CC1. The molecule has 3 heteroatoms. The molecule has 2 aliphatic rings. The van der Waals surface area contributed by atoms with E-state index >= 15 is 0 Å². The van der Waals surface area contributed by atoms with Gasteiger partial charge in [0.2, 0.25) is 0 Å². The third kappa shape index (κ3) is 2.71. The van der Waals surface area contributed by atoms with Crippen LogP contribution in [0.3, 0.4) is 0 Å². The molecule has 0 aromatic rings. The highest BCUT2D eigenvalue weighted by Gasteiger charge is 2.30. The fourth-order valence-electron chi connectivity index (χ4n) is 3.06. The van der Waals surface area contributed by atoms with Crippen LogP contribution in [0, 0.1) is 5.92 Å². The molecule has 0 aromatic carbocycles. The first-order valence-electron chi connectivity index (χ1n) is 6.34. The highest BCUT2D eigenvalue weighted by molar-refractivity contribution is 4.85. The van der Waals surface area contributed by atoms with Crippen LogP contribution in [0.1, 0.15) is 25.7 Å². The molecule has 1 aliphatic heterocycles. The van der Waals surface area contributed by atoms with Crippen molar-refractivity contribution in [2.75, 3.05) is 39.8 Å². The van der Waals surface area contributed by atoms with Crippen molar-refractivity contribution < 1.29 is 5.11 Å². The summed E-state index contributed by atoms with van der Waals surface area (Å²) in [4.78, 5) is 4.88. The van der Waals surface area contributed by atoms with Crippen molar-refractivity contribution in [2.24, 2.45) is 5.92 Å². The molecule has 2 fully saturated rings. The highest BCUT2D eigenvalue weighted by atomic mass is 16.3. The lowest BCUT2D eigenvalue weighted by molar-refractivity contribution is 0.0450. The largest absolute Gasteiger partial charge is 0.395 e. The Labute approximate surface area is 93.1 Å². The molecule has 1 aliphatic carbocycles. The van der Waals surface area contributed by atoms with Crippen molar-refractivity contribution in [3.63, 3.8) is 0 Å². The summed E-state index contributed by atoms with van der Waals surface area (Å²) < 4.78 is 0. The molecule has 0 amide bonds. The number of aliphatic hydroxyl groups excluding tert-OH is 1. The summed E-state index contributed by atoms with van der Waals surface area (Å²) >= 11 is 0. The Morgan fingerprint density at radius 3 is 2.27 bits per heavy atom. The number of piperazine rings is 1. The fraction of sp³-hybridized carbons (Fsp3) is 1.00. The van der Waals surface area contributed by atoms with Crippen LogP contribution in [0.15, 0.2) is 0 Å². The van der Waals surface area contributed by atoms with Crippen LogP contribution in [-0.4, -0.2) is 60.8 Å². The smallest absolute Gasteiger partial charge is 0.0589 e. The molecule has 1 saturated carbocycles. The quantitative estimate of drug-likeness (QED) is 0.749. The Morgan fingerprint density at radius 2 is 1.73 bits per heavy atom. The lowest BCUT2D eigenvalue weighted by atomic mass is 9.96. The van der Waals surface area contributed by atoms with E-state index in [4.69, 9.17) is 0 Å². The average Bonchev–Trinajstić information content (AvgIpc) is 2.75.